The number of rotatable bonds is 5. The second-order valence-electron chi connectivity index (χ2n) is 4.38. The van der Waals surface area contributed by atoms with Crippen LogP contribution in [0.3, 0.4) is 0 Å². The van der Waals surface area contributed by atoms with E-state index in [1.807, 2.05) is 44.2 Å². The summed E-state index contributed by atoms with van der Waals surface area (Å²) in [5.74, 6) is -0.819. The van der Waals surface area contributed by atoms with Gasteiger partial charge in [-0.3, -0.25) is 4.79 Å². The van der Waals surface area contributed by atoms with Crippen LogP contribution in [-0.2, 0) is 9.53 Å². The molecule has 3 nitrogen and oxygen atoms in total. The van der Waals surface area contributed by atoms with Gasteiger partial charge in [0, 0.05) is 0 Å². The molecule has 0 aliphatic heterocycles. The number of hydrogen-bond acceptors (Lipinski definition) is 3. The lowest BCUT2D eigenvalue weighted by Gasteiger charge is -2.24. The molecule has 0 aliphatic carbocycles. The van der Waals surface area contributed by atoms with E-state index < -0.39 is 12.0 Å². The molecule has 2 atom stereocenters. The Bertz CT molecular complexity index is 346. The number of ether oxygens (including phenoxy) is 1. The first kappa shape index (κ1) is 13.7. The Labute approximate surface area is 102 Å². The highest BCUT2D eigenvalue weighted by atomic mass is 16.5. The van der Waals surface area contributed by atoms with Gasteiger partial charge in [0.1, 0.15) is 0 Å². The van der Waals surface area contributed by atoms with Crippen LogP contribution in [0.1, 0.15) is 32.4 Å². The van der Waals surface area contributed by atoms with Crippen LogP contribution in [0.5, 0.6) is 0 Å². The lowest BCUT2D eigenvalue weighted by Crippen LogP contribution is -2.29. The van der Waals surface area contributed by atoms with Gasteiger partial charge in [0.15, 0.2) is 0 Å². The van der Waals surface area contributed by atoms with Crippen molar-refractivity contribution in [1.82, 2.24) is 0 Å². The van der Waals surface area contributed by atoms with Crippen LogP contribution < -0.4 is 0 Å². The molecule has 0 radical (unpaired) electrons. The molecule has 0 amide bonds. The van der Waals surface area contributed by atoms with Crippen LogP contribution in [0, 0.1) is 11.8 Å². The van der Waals surface area contributed by atoms with Crippen LogP contribution in [0.4, 0.5) is 0 Å². The summed E-state index contributed by atoms with van der Waals surface area (Å²) in [5, 5.41) is 10.2. The summed E-state index contributed by atoms with van der Waals surface area (Å²) in [6.45, 7) is 5.93. The van der Waals surface area contributed by atoms with Crippen LogP contribution in [0.2, 0.25) is 0 Å². The van der Waals surface area contributed by atoms with Crippen LogP contribution in [-0.4, -0.2) is 17.7 Å². The molecule has 0 heterocycles. The molecule has 2 unspecified atom stereocenters. The van der Waals surface area contributed by atoms with Crippen molar-refractivity contribution in [2.45, 2.75) is 26.9 Å². The van der Waals surface area contributed by atoms with Gasteiger partial charge in [-0.15, -0.1) is 0 Å². The highest BCUT2D eigenvalue weighted by Gasteiger charge is 2.31. The third-order valence-electron chi connectivity index (χ3n) is 2.76. The Hall–Kier alpha value is -1.35. The monoisotopic (exact) mass is 236 g/mol. The zero-order valence-electron chi connectivity index (χ0n) is 10.6. The maximum atomic E-state index is 11.8. The number of carbonyl (C=O) groups is 1. The topological polar surface area (TPSA) is 46.5 Å². The van der Waals surface area contributed by atoms with Crippen molar-refractivity contribution >= 4 is 5.97 Å². The summed E-state index contributed by atoms with van der Waals surface area (Å²) < 4.78 is 5.01. The zero-order chi connectivity index (χ0) is 12.8. The second kappa shape index (κ2) is 6.40. The summed E-state index contributed by atoms with van der Waals surface area (Å²) in [4.78, 5) is 11.8. The molecule has 0 bridgehead atoms. The third kappa shape index (κ3) is 3.56. The molecule has 3 heteroatoms. The first-order valence-corrected chi connectivity index (χ1v) is 5.97. The van der Waals surface area contributed by atoms with E-state index in [2.05, 4.69) is 0 Å². The summed E-state index contributed by atoms with van der Waals surface area (Å²) in [5.41, 5.74) is 0.749. The van der Waals surface area contributed by atoms with E-state index in [1.165, 1.54) is 0 Å². The van der Waals surface area contributed by atoms with Gasteiger partial charge in [-0.1, -0.05) is 44.2 Å². The summed E-state index contributed by atoms with van der Waals surface area (Å²) >= 11 is 0. The fourth-order valence-corrected chi connectivity index (χ4v) is 1.86. The molecule has 1 aromatic rings. The number of aliphatic hydroxyl groups excluding tert-OH is 1. The Morgan fingerprint density at radius 1 is 1.29 bits per heavy atom. The van der Waals surface area contributed by atoms with Crippen molar-refractivity contribution in [2.75, 3.05) is 6.61 Å². The molecular weight excluding hydrogens is 216 g/mol. The molecule has 1 N–H and O–H groups in total. The van der Waals surface area contributed by atoms with Gasteiger partial charge in [0.25, 0.3) is 0 Å². The summed E-state index contributed by atoms with van der Waals surface area (Å²) in [6.07, 6.45) is -0.810. The van der Waals surface area contributed by atoms with E-state index in [0.717, 1.165) is 5.56 Å². The number of benzene rings is 1. The minimum atomic E-state index is -0.810. The summed E-state index contributed by atoms with van der Waals surface area (Å²) in [7, 11) is 0. The molecular formula is C14H20O3. The number of aliphatic hydroxyl groups is 1. The SMILES string of the molecule is CCOC(=O)C(C(C)C)C(O)c1ccccc1. The molecule has 0 saturated heterocycles. The number of esters is 1. The van der Waals surface area contributed by atoms with Gasteiger partial charge in [-0.2, -0.15) is 0 Å². The van der Waals surface area contributed by atoms with E-state index in [1.54, 1.807) is 6.92 Å². The molecule has 0 spiro atoms. The minimum absolute atomic E-state index is 0.0317. The van der Waals surface area contributed by atoms with E-state index in [-0.39, 0.29) is 11.9 Å². The maximum absolute atomic E-state index is 11.8. The van der Waals surface area contributed by atoms with Gasteiger partial charge in [-0.25, -0.2) is 0 Å². The Balaban J connectivity index is 2.88. The molecule has 17 heavy (non-hydrogen) atoms. The Morgan fingerprint density at radius 3 is 2.35 bits per heavy atom. The van der Waals surface area contributed by atoms with Crippen molar-refractivity contribution in [1.29, 1.82) is 0 Å². The highest BCUT2D eigenvalue weighted by molar-refractivity contribution is 5.73. The molecule has 0 aliphatic rings. The van der Waals surface area contributed by atoms with E-state index in [4.69, 9.17) is 4.74 Å². The predicted molar refractivity (Wildman–Crippen MR) is 66.4 cm³/mol. The largest absolute Gasteiger partial charge is 0.466 e. The molecule has 0 fully saturated rings. The van der Waals surface area contributed by atoms with Crippen molar-refractivity contribution in [3.8, 4) is 0 Å². The Kier molecular flexibility index (Phi) is 5.16. The Morgan fingerprint density at radius 2 is 1.88 bits per heavy atom. The van der Waals surface area contributed by atoms with Gasteiger partial charge < -0.3 is 9.84 Å². The highest BCUT2D eigenvalue weighted by Crippen LogP contribution is 2.29. The van der Waals surface area contributed by atoms with E-state index in [0.29, 0.717) is 6.61 Å². The normalized spacial score (nSPS) is 14.4. The van der Waals surface area contributed by atoms with Gasteiger partial charge in [0.05, 0.1) is 18.6 Å². The standard InChI is InChI=1S/C14H20O3/c1-4-17-14(16)12(10(2)3)13(15)11-8-6-5-7-9-11/h5-10,12-13,15H,4H2,1-3H3. The van der Waals surface area contributed by atoms with Crippen LogP contribution >= 0.6 is 0 Å². The first-order chi connectivity index (χ1) is 8.07. The number of hydrogen-bond donors (Lipinski definition) is 1. The quantitative estimate of drug-likeness (QED) is 0.799. The van der Waals surface area contributed by atoms with Crippen molar-refractivity contribution in [2.24, 2.45) is 11.8 Å². The minimum Gasteiger partial charge on any atom is -0.466 e. The summed E-state index contributed by atoms with van der Waals surface area (Å²) in [6, 6.07) is 9.21. The van der Waals surface area contributed by atoms with E-state index in [9.17, 15) is 9.90 Å². The van der Waals surface area contributed by atoms with Gasteiger partial charge in [0.2, 0.25) is 0 Å². The van der Waals surface area contributed by atoms with Crippen molar-refractivity contribution < 1.29 is 14.6 Å². The molecule has 0 aromatic heterocycles. The lowest BCUT2D eigenvalue weighted by atomic mass is 9.86. The van der Waals surface area contributed by atoms with Crippen molar-refractivity contribution in [3.63, 3.8) is 0 Å². The maximum Gasteiger partial charge on any atom is 0.312 e. The van der Waals surface area contributed by atoms with Crippen molar-refractivity contribution in [3.05, 3.63) is 35.9 Å². The smallest absolute Gasteiger partial charge is 0.312 e. The average Bonchev–Trinajstić information content (AvgIpc) is 2.30. The van der Waals surface area contributed by atoms with E-state index >= 15 is 0 Å². The molecule has 0 saturated carbocycles. The zero-order valence-corrected chi connectivity index (χ0v) is 10.6. The third-order valence-corrected chi connectivity index (χ3v) is 2.76. The van der Waals surface area contributed by atoms with Gasteiger partial charge >= 0.3 is 5.97 Å². The first-order valence-electron chi connectivity index (χ1n) is 5.97. The number of carbonyl (C=O) groups excluding carboxylic acids is 1. The molecule has 94 valence electrons. The fourth-order valence-electron chi connectivity index (χ4n) is 1.86. The van der Waals surface area contributed by atoms with Gasteiger partial charge in [-0.05, 0) is 18.4 Å². The molecule has 1 rings (SSSR count). The lowest BCUT2D eigenvalue weighted by molar-refractivity contribution is -0.154. The predicted octanol–water partition coefficient (Wildman–Crippen LogP) is 2.56. The average molecular weight is 236 g/mol. The fraction of sp³-hybridized carbons (Fsp3) is 0.500. The second-order valence-corrected chi connectivity index (χ2v) is 4.38. The van der Waals surface area contributed by atoms with Crippen LogP contribution in [0.15, 0.2) is 30.3 Å². The molecule has 1 aromatic carbocycles. The van der Waals surface area contributed by atoms with Crippen LogP contribution in [0.25, 0.3) is 0 Å².